The van der Waals surface area contributed by atoms with Crippen molar-refractivity contribution in [3.63, 3.8) is 0 Å². The average Bonchev–Trinajstić information content (AvgIpc) is 2.81. The van der Waals surface area contributed by atoms with E-state index in [9.17, 15) is 9.18 Å². The van der Waals surface area contributed by atoms with Crippen LogP contribution in [-0.4, -0.2) is 49.4 Å². The van der Waals surface area contributed by atoms with Crippen LogP contribution in [0.5, 0.6) is 0 Å². The lowest BCUT2D eigenvalue weighted by atomic mass is 9.76. The van der Waals surface area contributed by atoms with E-state index in [1.54, 1.807) is 18.3 Å². The van der Waals surface area contributed by atoms with Gasteiger partial charge in [-0.2, -0.15) is 0 Å². The highest BCUT2D eigenvalue weighted by Gasteiger charge is 2.43. The fourth-order valence-corrected chi connectivity index (χ4v) is 4.67. The Morgan fingerprint density at radius 1 is 1.10 bits per heavy atom. The summed E-state index contributed by atoms with van der Waals surface area (Å²) >= 11 is 0. The third kappa shape index (κ3) is 3.85. The van der Waals surface area contributed by atoms with Crippen LogP contribution in [0.4, 0.5) is 10.2 Å². The maximum Gasteiger partial charge on any atom is 0.256 e. The first-order valence-corrected chi connectivity index (χ1v) is 10.5. The van der Waals surface area contributed by atoms with Gasteiger partial charge in [-0.15, -0.1) is 0 Å². The number of pyridine rings is 2. The maximum atomic E-state index is 13.6. The van der Waals surface area contributed by atoms with Gasteiger partial charge >= 0.3 is 0 Å². The van der Waals surface area contributed by atoms with E-state index in [1.807, 2.05) is 30.2 Å². The SMILES string of the molecule is Cc1ccc(NC2CC3CCC2N(C(=O)c2cccnc2-c2ncc(F)cn2)C3)nc1. The van der Waals surface area contributed by atoms with Crippen molar-refractivity contribution in [2.24, 2.45) is 5.92 Å². The Morgan fingerprint density at radius 2 is 1.94 bits per heavy atom. The number of piperidine rings is 2. The van der Waals surface area contributed by atoms with Crippen molar-refractivity contribution in [1.29, 1.82) is 0 Å². The number of nitrogens with one attached hydrogen (secondary N) is 1. The number of rotatable bonds is 4. The predicted molar refractivity (Wildman–Crippen MR) is 114 cm³/mol. The molecule has 3 aromatic rings. The number of hydrogen-bond donors (Lipinski definition) is 1. The molecule has 2 saturated heterocycles. The Balaban J connectivity index is 1.42. The Hall–Kier alpha value is -3.42. The zero-order chi connectivity index (χ0) is 21.4. The number of aromatic nitrogens is 4. The van der Waals surface area contributed by atoms with Gasteiger partial charge in [0.15, 0.2) is 11.6 Å². The van der Waals surface area contributed by atoms with Crippen molar-refractivity contribution in [2.75, 3.05) is 11.9 Å². The number of carbonyl (C=O) groups is 1. The Morgan fingerprint density at radius 3 is 2.68 bits per heavy atom. The van der Waals surface area contributed by atoms with Gasteiger partial charge in [0.2, 0.25) is 0 Å². The van der Waals surface area contributed by atoms with E-state index in [0.29, 0.717) is 17.2 Å². The topological polar surface area (TPSA) is 83.9 Å². The van der Waals surface area contributed by atoms with E-state index in [-0.39, 0.29) is 23.8 Å². The van der Waals surface area contributed by atoms with Crippen LogP contribution >= 0.6 is 0 Å². The maximum absolute atomic E-state index is 13.6. The first kappa shape index (κ1) is 19.5. The molecule has 158 valence electrons. The fraction of sp³-hybridized carbons (Fsp3) is 0.348. The van der Waals surface area contributed by atoms with Crippen molar-refractivity contribution < 1.29 is 9.18 Å². The van der Waals surface area contributed by atoms with E-state index in [0.717, 1.165) is 49.6 Å². The summed E-state index contributed by atoms with van der Waals surface area (Å²) in [6.45, 7) is 2.73. The molecule has 1 amide bonds. The van der Waals surface area contributed by atoms with Crippen LogP contribution in [0.3, 0.4) is 0 Å². The number of carbonyl (C=O) groups excluding carboxylic acids is 1. The number of nitrogens with zero attached hydrogens (tertiary/aromatic N) is 5. The van der Waals surface area contributed by atoms with Gasteiger partial charge in [0, 0.05) is 25.0 Å². The third-order valence-electron chi connectivity index (χ3n) is 6.15. The summed E-state index contributed by atoms with van der Waals surface area (Å²) in [4.78, 5) is 32.4. The third-order valence-corrected chi connectivity index (χ3v) is 6.15. The molecule has 0 radical (unpaired) electrons. The van der Waals surface area contributed by atoms with Gasteiger partial charge in [-0.1, -0.05) is 6.07 Å². The Bertz CT molecular complexity index is 1090. The zero-order valence-corrected chi connectivity index (χ0v) is 17.2. The molecule has 0 aromatic carbocycles. The molecular formula is C23H23FN6O. The van der Waals surface area contributed by atoms with Gasteiger partial charge in [0.1, 0.15) is 11.5 Å². The monoisotopic (exact) mass is 418 g/mol. The number of anilines is 1. The minimum atomic E-state index is -0.528. The van der Waals surface area contributed by atoms with E-state index in [1.165, 1.54) is 0 Å². The largest absolute Gasteiger partial charge is 0.365 e. The standard InChI is InChI=1S/C23H23FN6O/c1-14-4-7-20(26-10-14)29-18-9-15-5-6-19(18)30(13-15)23(31)17-3-2-8-25-21(17)22-27-11-16(24)12-28-22/h2-4,7-8,10-12,15,18-19H,5-6,9,13H2,1H3,(H,26,29). The summed E-state index contributed by atoms with van der Waals surface area (Å²) in [6, 6.07) is 7.70. The van der Waals surface area contributed by atoms with Crippen molar-refractivity contribution in [1.82, 2.24) is 24.8 Å². The van der Waals surface area contributed by atoms with Crippen LogP contribution in [0.2, 0.25) is 0 Å². The lowest BCUT2D eigenvalue weighted by Gasteiger charge is -2.50. The predicted octanol–water partition coefficient (Wildman–Crippen LogP) is 3.49. The highest BCUT2D eigenvalue weighted by atomic mass is 19.1. The molecule has 6 rings (SSSR count). The second-order valence-electron chi connectivity index (χ2n) is 8.30. The minimum Gasteiger partial charge on any atom is -0.365 e. The molecule has 1 N–H and O–H groups in total. The van der Waals surface area contributed by atoms with Crippen LogP contribution in [0.1, 0.15) is 35.2 Å². The Kier molecular flexibility index (Phi) is 5.05. The quantitative estimate of drug-likeness (QED) is 0.698. The van der Waals surface area contributed by atoms with Crippen LogP contribution in [-0.2, 0) is 0 Å². The van der Waals surface area contributed by atoms with Crippen LogP contribution in [0.15, 0.2) is 49.1 Å². The lowest BCUT2D eigenvalue weighted by Crippen LogP contribution is -2.59. The van der Waals surface area contributed by atoms with E-state index < -0.39 is 5.82 Å². The van der Waals surface area contributed by atoms with Gasteiger partial charge < -0.3 is 10.2 Å². The fourth-order valence-electron chi connectivity index (χ4n) is 4.67. The Labute approximate surface area is 179 Å². The van der Waals surface area contributed by atoms with Gasteiger partial charge in [-0.25, -0.2) is 19.3 Å². The summed E-state index contributed by atoms with van der Waals surface area (Å²) in [7, 11) is 0. The highest BCUT2D eigenvalue weighted by molar-refractivity contribution is 5.99. The number of aryl methyl sites for hydroxylation is 1. The lowest BCUT2D eigenvalue weighted by molar-refractivity contribution is 0.0282. The van der Waals surface area contributed by atoms with Crippen molar-refractivity contribution in [2.45, 2.75) is 38.3 Å². The number of fused-ring (bicyclic) bond motifs is 3. The molecule has 3 aromatic heterocycles. The van der Waals surface area contributed by atoms with Crippen molar-refractivity contribution in [3.8, 4) is 11.5 Å². The second kappa shape index (κ2) is 8.02. The molecule has 3 atom stereocenters. The molecule has 5 heterocycles. The molecule has 8 heteroatoms. The first-order chi connectivity index (χ1) is 15.1. The van der Waals surface area contributed by atoms with Gasteiger partial charge in [0.05, 0.1) is 24.0 Å². The second-order valence-corrected chi connectivity index (χ2v) is 8.30. The molecule has 31 heavy (non-hydrogen) atoms. The average molecular weight is 418 g/mol. The molecule has 0 spiro atoms. The minimum absolute atomic E-state index is 0.0720. The summed E-state index contributed by atoms with van der Waals surface area (Å²) in [5, 5.41) is 3.54. The first-order valence-electron chi connectivity index (χ1n) is 10.5. The summed E-state index contributed by atoms with van der Waals surface area (Å²) in [6.07, 6.45) is 8.69. The molecule has 3 unspecified atom stereocenters. The molecule has 3 aliphatic rings. The molecule has 7 nitrogen and oxygen atoms in total. The van der Waals surface area contributed by atoms with Gasteiger partial charge in [-0.3, -0.25) is 9.78 Å². The van der Waals surface area contributed by atoms with Crippen LogP contribution in [0, 0.1) is 18.7 Å². The molecule has 3 fully saturated rings. The van der Waals surface area contributed by atoms with Crippen molar-refractivity contribution >= 4 is 11.7 Å². The zero-order valence-electron chi connectivity index (χ0n) is 17.2. The van der Waals surface area contributed by atoms with E-state index in [2.05, 4.69) is 25.3 Å². The smallest absolute Gasteiger partial charge is 0.256 e. The van der Waals surface area contributed by atoms with Gasteiger partial charge in [-0.05, 0) is 55.9 Å². The normalized spacial score (nSPS) is 22.4. The number of halogens is 1. The molecule has 1 saturated carbocycles. The number of hydrogen-bond acceptors (Lipinski definition) is 6. The molecular weight excluding hydrogens is 395 g/mol. The van der Waals surface area contributed by atoms with Crippen LogP contribution in [0.25, 0.3) is 11.5 Å². The summed E-state index contributed by atoms with van der Waals surface area (Å²) in [5.41, 5.74) is 1.92. The van der Waals surface area contributed by atoms with Crippen LogP contribution < -0.4 is 5.32 Å². The molecule has 2 aliphatic heterocycles. The molecule has 2 bridgehead atoms. The number of amides is 1. The molecule has 1 aliphatic carbocycles. The van der Waals surface area contributed by atoms with E-state index in [4.69, 9.17) is 0 Å². The summed E-state index contributed by atoms with van der Waals surface area (Å²) in [5.74, 6) is 0.899. The van der Waals surface area contributed by atoms with Gasteiger partial charge in [0.25, 0.3) is 5.91 Å². The highest BCUT2D eigenvalue weighted by Crippen LogP contribution is 2.38. The van der Waals surface area contributed by atoms with E-state index >= 15 is 0 Å². The van der Waals surface area contributed by atoms with Crippen molar-refractivity contribution in [3.05, 3.63) is 66.0 Å². The summed E-state index contributed by atoms with van der Waals surface area (Å²) < 4.78 is 13.3.